The Morgan fingerprint density at radius 1 is 1.10 bits per heavy atom. The monoisotopic (exact) mass is 390 g/mol. The molecule has 0 atom stereocenters. The van der Waals surface area contributed by atoms with E-state index in [0.717, 1.165) is 33.4 Å². The van der Waals surface area contributed by atoms with Crippen LogP contribution in [0.4, 0.5) is 0 Å². The zero-order chi connectivity index (χ0) is 14.8. The lowest BCUT2D eigenvalue weighted by Crippen LogP contribution is -1.90. The van der Waals surface area contributed by atoms with E-state index in [1.54, 1.807) is 0 Å². The highest BCUT2D eigenvalue weighted by molar-refractivity contribution is 14.1. The van der Waals surface area contributed by atoms with Gasteiger partial charge in [0.25, 0.3) is 0 Å². The number of fused-ring (bicyclic) bond motifs is 1. The number of hydrogen-bond donors (Lipinski definition) is 1. The van der Waals surface area contributed by atoms with E-state index in [-0.39, 0.29) is 6.61 Å². The van der Waals surface area contributed by atoms with Gasteiger partial charge in [-0.25, -0.2) is 0 Å². The van der Waals surface area contributed by atoms with E-state index in [4.69, 9.17) is 4.42 Å². The molecule has 2 nitrogen and oxygen atoms in total. The first-order chi connectivity index (χ1) is 10.2. The van der Waals surface area contributed by atoms with Gasteiger partial charge in [0, 0.05) is 8.96 Å². The Hall–Kier alpha value is -1.59. The molecule has 0 saturated heterocycles. The summed E-state index contributed by atoms with van der Waals surface area (Å²) in [7, 11) is 0. The van der Waals surface area contributed by atoms with Gasteiger partial charge in [-0.15, -0.1) is 0 Å². The second-order valence-corrected chi connectivity index (χ2v) is 6.16. The van der Waals surface area contributed by atoms with Gasteiger partial charge >= 0.3 is 0 Å². The Morgan fingerprint density at radius 2 is 1.81 bits per heavy atom. The molecule has 0 aliphatic rings. The summed E-state index contributed by atoms with van der Waals surface area (Å²) in [6, 6.07) is 16.4. The van der Waals surface area contributed by atoms with Crippen molar-refractivity contribution in [1.29, 1.82) is 0 Å². The predicted octanol–water partition coefficient (Wildman–Crippen LogP) is 4.77. The molecular formula is C18H15IO2. The number of aliphatic hydroxyl groups excluding tert-OH is 1. The van der Waals surface area contributed by atoms with Crippen molar-refractivity contribution in [2.75, 3.05) is 6.61 Å². The van der Waals surface area contributed by atoms with Crippen molar-refractivity contribution in [3.05, 3.63) is 75.1 Å². The molecule has 0 aliphatic carbocycles. The van der Waals surface area contributed by atoms with Crippen LogP contribution in [0.15, 0.2) is 59.0 Å². The Kier molecular flexibility index (Phi) is 4.12. The van der Waals surface area contributed by atoms with Crippen LogP contribution in [0.1, 0.15) is 16.9 Å². The first kappa shape index (κ1) is 14.4. The molecule has 3 rings (SSSR count). The zero-order valence-corrected chi connectivity index (χ0v) is 13.8. The molecule has 2 aromatic carbocycles. The van der Waals surface area contributed by atoms with Gasteiger partial charge in [0.15, 0.2) is 0 Å². The summed E-state index contributed by atoms with van der Waals surface area (Å²) in [6.07, 6.45) is 1.84. The van der Waals surface area contributed by atoms with Gasteiger partial charge in [-0.3, -0.25) is 0 Å². The van der Waals surface area contributed by atoms with Gasteiger partial charge in [0.1, 0.15) is 11.3 Å². The summed E-state index contributed by atoms with van der Waals surface area (Å²) in [5.41, 5.74) is 4.11. The average molecular weight is 390 g/mol. The number of aliphatic hydroxyl groups is 1. The molecule has 0 unspecified atom stereocenters. The third-order valence-corrected chi connectivity index (χ3v) is 4.12. The fourth-order valence-electron chi connectivity index (χ4n) is 2.47. The zero-order valence-electron chi connectivity index (χ0n) is 11.6. The van der Waals surface area contributed by atoms with Gasteiger partial charge < -0.3 is 9.52 Å². The normalized spacial score (nSPS) is 12.0. The van der Waals surface area contributed by atoms with Crippen LogP contribution in [0.2, 0.25) is 0 Å². The Morgan fingerprint density at radius 3 is 2.52 bits per heavy atom. The number of halogens is 1. The van der Waals surface area contributed by atoms with E-state index in [0.29, 0.717) is 0 Å². The maximum Gasteiger partial charge on any atom is 0.134 e. The summed E-state index contributed by atoms with van der Waals surface area (Å²) in [5.74, 6) is 0.907. The quantitative estimate of drug-likeness (QED) is 0.654. The van der Waals surface area contributed by atoms with E-state index in [1.807, 2.05) is 31.2 Å². The van der Waals surface area contributed by atoms with Crippen LogP contribution in [0.25, 0.3) is 16.5 Å². The number of furan rings is 1. The Balaban J connectivity index is 2.10. The highest BCUT2D eigenvalue weighted by Crippen LogP contribution is 2.28. The van der Waals surface area contributed by atoms with Crippen LogP contribution in [0, 0.1) is 10.5 Å². The predicted molar refractivity (Wildman–Crippen MR) is 94.3 cm³/mol. The van der Waals surface area contributed by atoms with E-state index in [2.05, 4.69) is 52.9 Å². The SMILES string of the molecule is Cc1cc2cc(/C(=C/CO)c3ccc(I)cc3)ccc2o1. The van der Waals surface area contributed by atoms with Crippen LogP contribution < -0.4 is 0 Å². The van der Waals surface area contributed by atoms with Crippen LogP contribution >= 0.6 is 22.6 Å². The van der Waals surface area contributed by atoms with E-state index in [1.165, 1.54) is 3.57 Å². The molecule has 0 aliphatic heterocycles. The average Bonchev–Trinajstić information content (AvgIpc) is 2.85. The van der Waals surface area contributed by atoms with Crippen molar-refractivity contribution >= 4 is 39.1 Å². The first-order valence-electron chi connectivity index (χ1n) is 6.75. The maximum absolute atomic E-state index is 9.33. The number of benzene rings is 2. The molecule has 1 aromatic heterocycles. The fourth-order valence-corrected chi connectivity index (χ4v) is 2.83. The summed E-state index contributed by atoms with van der Waals surface area (Å²) in [5, 5.41) is 10.4. The van der Waals surface area contributed by atoms with Crippen LogP contribution in [-0.2, 0) is 0 Å². The van der Waals surface area contributed by atoms with Gasteiger partial charge in [-0.1, -0.05) is 24.3 Å². The molecule has 0 radical (unpaired) electrons. The molecule has 21 heavy (non-hydrogen) atoms. The summed E-state index contributed by atoms with van der Waals surface area (Å²) >= 11 is 2.29. The minimum atomic E-state index is 0.0176. The molecule has 0 saturated carbocycles. The molecule has 0 spiro atoms. The van der Waals surface area contributed by atoms with E-state index in [9.17, 15) is 5.11 Å². The van der Waals surface area contributed by atoms with Crippen molar-refractivity contribution in [3.8, 4) is 0 Å². The topological polar surface area (TPSA) is 33.4 Å². The molecule has 3 aromatic rings. The summed E-state index contributed by atoms with van der Waals surface area (Å²) < 4.78 is 6.81. The molecule has 0 amide bonds. The smallest absolute Gasteiger partial charge is 0.134 e. The van der Waals surface area contributed by atoms with E-state index >= 15 is 0 Å². The highest BCUT2D eigenvalue weighted by Gasteiger charge is 2.08. The highest BCUT2D eigenvalue weighted by atomic mass is 127. The minimum Gasteiger partial charge on any atom is -0.461 e. The van der Waals surface area contributed by atoms with Gasteiger partial charge in [-0.2, -0.15) is 0 Å². The van der Waals surface area contributed by atoms with Gasteiger partial charge in [0.2, 0.25) is 0 Å². The standard InChI is InChI=1S/C18H15IO2/c1-12-10-15-11-14(4-7-18(15)21-12)17(8-9-20)13-2-5-16(19)6-3-13/h2-8,10-11,20H,9H2,1H3/b17-8+. The number of aryl methyl sites for hydroxylation is 1. The summed E-state index contributed by atoms with van der Waals surface area (Å²) in [4.78, 5) is 0. The minimum absolute atomic E-state index is 0.0176. The Labute approximate surface area is 137 Å². The molecule has 106 valence electrons. The van der Waals surface area contributed by atoms with Crippen molar-refractivity contribution in [1.82, 2.24) is 0 Å². The molecule has 3 heteroatoms. The molecule has 1 heterocycles. The lowest BCUT2D eigenvalue weighted by molar-refractivity contribution is 0.343. The molecule has 0 bridgehead atoms. The Bertz CT molecular complexity index is 798. The van der Waals surface area contributed by atoms with Crippen LogP contribution in [0.3, 0.4) is 0 Å². The second-order valence-electron chi connectivity index (χ2n) is 4.92. The maximum atomic E-state index is 9.33. The third-order valence-electron chi connectivity index (χ3n) is 3.40. The fraction of sp³-hybridized carbons (Fsp3) is 0.111. The molecule has 0 fully saturated rings. The van der Waals surface area contributed by atoms with Crippen molar-refractivity contribution in [2.45, 2.75) is 6.92 Å². The lowest BCUT2D eigenvalue weighted by atomic mass is 9.97. The number of rotatable bonds is 3. The van der Waals surface area contributed by atoms with Crippen molar-refractivity contribution in [3.63, 3.8) is 0 Å². The van der Waals surface area contributed by atoms with Crippen molar-refractivity contribution < 1.29 is 9.52 Å². The third kappa shape index (κ3) is 3.04. The van der Waals surface area contributed by atoms with Crippen LogP contribution in [-0.4, -0.2) is 11.7 Å². The molecule has 1 N–H and O–H groups in total. The lowest BCUT2D eigenvalue weighted by Gasteiger charge is -2.08. The molecular weight excluding hydrogens is 375 g/mol. The summed E-state index contributed by atoms with van der Waals surface area (Å²) in [6.45, 7) is 1.97. The van der Waals surface area contributed by atoms with Gasteiger partial charge in [-0.05, 0) is 76.5 Å². The first-order valence-corrected chi connectivity index (χ1v) is 7.83. The van der Waals surface area contributed by atoms with Crippen molar-refractivity contribution in [2.24, 2.45) is 0 Å². The van der Waals surface area contributed by atoms with E-state index < -0.39 is 0 Å². The number of hydrogen-bond acceptors (Lipinski definition) is 2. The second kappa shape index (κ2) is 6.03. The van der Waals surface area contributed by atoms with Gasteiger partial charge in [0.05, 0.1) is 6.61 Å². The largest absolute Gasteiger partial charge is 0.461 e. The van der Waals surface area contributed by atoms with Crippen LogP contribution in [0.5, 0.6) is 0 Å².